The highest BCUT2D eigenvalue weighted by atomic mass is 16.7. The van der Waals surface area contributed by atoms with E-state index in [0.717, 1.165) is 6.42 Å². The number of rotatable bonds is 3. The van der Waals surface area contributed by atoms with Gasteiger partial charge in [0.2, 0.25) is 0 Å². The van der Waals surface area contributed by atoms with E-state index in [4.69, 9.17) is 4.84 Å². The predicted octanol–water partition coefficient (Wildman–Crippen LogP) is 2.18. The zero-order valence-electron chi connectivity index (χ0n) is 11.5. The lowest BCUT2D eigenvalue weighted by Crippen LogP contribution is -2.33. The summed E-state index contributed by atoms with van der Waals surface area (Å²) in [4.78, 5) is 41.4. The molecule has 3 aliphatic rings. The second kappa shape index (κ2) is 4.41. The van der Waals surface area contributed by atoms with Crippen molar-refractivity contribution in [2.75, 3.05) is 0 Å². The van der Waals surface area contributed by atoms with Crippen molar-refractivity contribution in [2.24, 2.45) is 17.8 Å². The minimum Gasteiger partial charge on any atom is -0.329 e. The van der Waals surface area contributed by atoms with Crippen LogP contribution in [0.2, 0.25) is 0 Å². The summed E-state index contributed by atoms with van der Waals surface area (Å²) in [7, 11) is 0. The highest BCUT2D eigenvalue weighted by Crippen LogP contribution is 2.52. The van der Waals surface area contributed by atoms with Gasteiger partial charge in [-0.05, 0) is 30.4 Å². The standard InChI is InChI=1S/C16H15NO4/c18-14-10-6-1-2-7-11(10)15(19)17(14)21-16(20)13-8-12(13)9-4-3-5-9/h1-2,6-7,9,12-13H,3-5,8H2/t12-,13+/m0/s1. The molecule has 108 valence electrons. The molecule has 1 heterocycles. The Balaban J connectivity index is 1.45. The summed E-state index contributed by atoms with van der Waals surface area (Å²) in [5.41, 5.74) is 0.586. The molecule has 0 N–H and O–H groups in total. The molecule has 0 radical (unpaired) electrons. The zero-order valence-corrected chi connectivity index (χ0v) is 11.5. The van der Waals surface area contributed by atoms with Crippen molar-refractivity contribution < 1.29 is 19.2 Å². The average molecular weight is 285 g/mol. The van der Waals surface area contributed by atoms with Gasteiger partial charge in [-0.3, -0.25) is 9.59 Å². The minimum absolute atomic E-state index is 0.139. The lowest BCUT2D eigenvalue weighted by molar-refractivity contribution is -0.170. The fraction of sp³-hybridized carbons (Fsp3) is 0.438. The van der Waals surface area contributed by atoms with E-state index in [0.29, 0.717) is 28.0 Å². The van der Waals surface area contributed by atoms with Crippen molar-refractivity contribution in [3.05, 3.63) is 35.4 Å². The van der Waals surface area contributed by atoms with E-state index in [2.05, 4.69) is 0 Å². The maximum Gasteiger partial charge on any atom is 0.336 e. The maximum absolute atomic E-state index is 12.1. The van der Waals surface area contributed by atoms with Gasteiger partial charge in [0.05, 0.1) is 17.0 Å². The van der Waals surface area contributed by atoms with Crippen LogP contribution in [-0.2, 0) is 9.63 Å². The Labute approximate surface area is 121 Å². The highest BCUT2D eigenvalue weighted by Gasteiger charge is 2.51. The molecule has 21 heavy (non-hydrogen) atoms. The van der Waals surface area contributed by atoms with E-state index >= 15 is 0 Å². The molecule has 1 aromatic carbocycles. The molecule has 1 aliphatic heterocycles. The summed E-state index contributed by atoms with van der Waals surface area (Å²) in [6.45, 7) is 0. The topological polar surface area (TPSA) is 63.7 Å². The molecular weight excluding hydrogens is 270 g/mol. The number of benzene rings is 1. The molecule has 1 aromatic rings. The first kappa shape index (κ1) is 12.6. The van der Waals surface area contributed by atoms with Gasteiger partial charge < -0.3 is 4.84 Å². The number of carbonyl (C=O) groups is 3. The lowest BCUT2D eigenvalue weighted by Gasteiger charge is -2.25. The Bertz CT molecular complexity index is 614. The van der Waals surface area contributed by atoms with E-state index in [1.165, 1.54) is 19.3 Å². The van der Waals surface area contributed by atoms with Crippen LogP contribution < -0.4 is 0 Å². The Hall–Kier alpha value is -2.17. The maximum atomic E-state index is 12.1. The highest BCUT2D eigenvalue weighted by molar-refractivity contribution is 6.20. The van der Waals surface area contributed by atoms with Crippen molar-refractivity contribution in [1.82, 2.24) is 5.06 Å². The monoisotopic (exact) mass is 285 g/mol. The molecule has 0 bridgehead atoms. The first-order chi connectivity index (χ1) is 10.2. The number of imide groups is 1. The molecule has 2 aliphatic carbocycles. The van der Waals surface area contributed by atoms with Gasteiger partial charge in [-0.1, -0.05) is 36.5 Å². The fourth-order valence-corrected chi connectivity index (χ4v) is 3.28. The van der Waals surface area contributed by atoms with E-state index in [9.17, 15) is 14.4 Å². The van der Waals surface area contributed by atoms with Crippen molar-refractivity contribution in [2.45, 2.75) is 25.7 Å². The second-order valence-corrected chi connectivity index (χ2v) is 6.06. The van der Waals surface area contributed by atoms with Gasteiger partial charge in [0.1, 0.15) is 0 Å². The van der Waals surface area contributed by atoms with E-state index < -0.39 is 17.8 Å². The molecule has 0 aromatic heterocycles. The second-order valence-electron chi connectivity index (χ2n) is 6.06. The summed E-state index contributed by atoms with van der Waals surface area (Å²) < 4.78 is 0. The van der Waals surface area contributed by atoms with Gasteiger partial charge in [-0.2, -0.15) is 0 Å². The molecule has 2 atom stereocenters. The Morgan fingerprint density at radius 2 is 1.71 bits per heavy atom. The predicted molar refractivity (Wildman–Crippen MR) is 72.0 cm³/mol. The van der Waals surface area contributed by atoms with Gasteiger partial charge >= 0.3 is 5.97 Å². The lowest BCUT2D eigenvalue weighted by atomic mass is 9.81. The molecule has 2 saturated carbocycles. The first-order valence-corrected chi connectivity index (χ1v) is 7.36. The number of hydroxylamine groups is 2. The SMILES string of the molecule is O=C(ON1C(=O)c2ccccc2C1=O)[C@@H]1C[C@H]1C1CCC1. The van der Waals surface area contributed by atoms with Crippen molar-refractivity contribution in [3.63, 3.8) is 0 Å². The number of carbonyl (C=O) groups excluding carboxylic acids is 3. The van der Waals surface area contributed by atoms with Gasteiger partial charge in [0, 0.05) is 0 Å². The normalized spacial score (nSPS) is 27.3. The van der Waals surface area contributed by atoms with E-state index in [-0.39, 0.29) is 5.92 Å². The summed E-state index contributed by atoms with van der Waals surface area (Å²) in [5.74, 6) is -0.665. The van der Waals surface area contributed by atoms with Crippen LogP contribution in [0.3, 0.4) is 0 Å². The molecule has 5 heteroatoms. The van der Waals surface area contributed by atoms with Crippen molar-refractivity contribution in [1.29, 1.82) is 0 Å². The summed E-state index contributed by atoms with van der Waals surface area (Å²) in [6.07, 6.45) is 4.43. The van der Waals surface area contributed by atoms with Gasteiger partial charge in [0.25, 0.3) is 11.8 Å². The van der Waals surface area contributed by atoms with Crippen LogP contribution in [0.1, 0.15) is 46.4 Å². The molecule has 5 nitrogen and oxygen atoms in total. The van der Waals surface area contributed by atoms with Crippen molar-refractivity contribution in [3.8, 4) is 0 Å². The smallest absolute Gasteiger partial charge is 0.329 e. The molecule has 2 fully saturated rings. The first-order valence-electron chi connectivity index (χ1n) is 7.36. The summed E-state index contributed by atoms with van der Waals surface area (Å²) in [5, 5.41) is 0.614. The fourth-order valence-electron chi connectivity index (χ4n) is 3.28. The molecule has 0 spiro atoms. The van der Waals surface area contributed by atoms with Crippen LogP contribution in [0.15, 0.2) is 24.3 Å². The summed E-state index contributed by atoms with van der Waals surface area (Å²) in [6, 6.07) is 6.50. The Morgan fingerprint density at radius 1 is 1.10 bits per heavy atom. The van der Waals surface area contributed by atoms with Gasteiger partial charge in [-0.25, -0.2) is 4.79 Å². The van der Waals surface area contributed by atoms with Crippen LogP contribution in [0.4, 0.5) is 0 Å². The van der Waals surface area contributed by atoms with Crippen LogP contribution in [0.25, 0.3) is 0 Å². The zero-order chi connectivity index (χ0) is 14.6. The van der Waals surface area contributed by atoms with Crippen LogP contribution in [0, 0.1) is 17.8 Å². The average Bonchev–Trinajstić information content (AvgIpc) is 3.17. The number of amides is 2. The van der Waals surface area contributed by atoms with Gasteiger partial charge in [0.15, 0.2) is 0 Å². The van der Waals surface area contributed by atoms with E-state index in [1.54, 1.807) is 24.3 Å². The van der Waals surface area contributed by atoms with Crippen LogP contribution in [-0.4, -0.2) is 22.8 Å². The number of hydrogen-bond acceptors (Lipinski definition) is 4. The molecular formula is C16H15NO4. The minimum atomic E-state index is -0.551. The van der Waals surface area contributed by atoms with E-state index in [1.807, 2.05) is 0 Å². The number of fused-ring (bicyclic) bond motifs is 1. The van der Waals surface area contributed by atoms with Gasteiger partial charge in [-0.15, -0.1) is 0 Å². The third kappa shape index (κ3) is 1.87. The number of nitrogens with zero attached hydrogens (tertiary/aromatic N) is 1. The third-order valence-electron chi connectivity index (χ3n) is 4.84. The molecule has 4 rings (SSSR count). The largest absolute Gasteiger partial charge is 0.336 e. The quantitative estimate of drug-likeness (QED) is 0.798. The van der Waals surface area contributed by atoms with Crippen molar-refractivity contribution >= 4 is 17.8 Å². The molecule has 2 amide bonds. The number of hydrogen-bond donors (Lipinski definition) is 0. The molecule has 0 saturated heterocycles. The van der Waals surface area contributed by atoms with Crippen LogP contribution >= 0.6 is 0 Å². The third-order valence-corrected chi connectivity index (χ3v) is 4.84. The Morgan fingerprint density at radius 3 is 2.24 bits per heavy atom. The molecule has 0 unspecified atom stereocenters. The van der Waals surface area contributed by atoms with Crippen LogP contribution in [0.5, 0.6) is 0 Å². The summed E-state index contributed by atoms with van der Waals surface area (Å²) >= 11 is 0. The Kier molecular flexibility index (Phi) is 2.64.